The summed E-state index contributed by atoms with van der Waals surface area (Å²) in [6.45, 7) is 45.6. The molecular formula is C50H88. The first-order valence-corrected chi connectivity index (χ1v) is 20.3. The Morgan fingerprint density at radius 1 is 0.680 bits per heavy atom. The van der Waals surface area contributed by atoms with Crippen LogP contribution in [0.3, 0.4) is 0 Å². The molecule has 0 heterocycles. The SMILES string of the molecule is C=C(CCC=C(C)C)C(C)CC.C=CC(C)(CC)CCC=C(C)C.CC/C=C(/CC)CCC=C(C)C.CCC(C)c1ccc(C(C)(C)C)cc1. The molecule has 1 rings (SSSR count). The molecule has 0 aromatic heterocycles. The van der Waals surface area contributed by atoms with Crippen LogP contribution in [0, 0.1) is 11.3 Å². The van der Waals surface area contributed by atoms with Crippen molar-refractivity contribution in [3.63, 3.8) is 0 Å². The highest BCUT2D eigenvalue weighted by Crippen LogP contribution is 2.29. The van der Waals surface area contributed by atoms with E-state index in [-0.39, 0.29) is 5.41 Å². The first-order chi connectivity index (χ1) is 23.3. The molecule has 0 heteroatoms. The van der Waals surface area contributed by atoms with E-state index < -0.39 is 0 Å². The van der Waals surface area contributed by atoms with E-state index in [1.807, 2.05) is 0 Å². The minimum absolute atomic E-state index is 0.272. The molecule has 0 aliphatic heterocycles. The lowest BCUT2D eigenvalue weighted by atomic mass is 9.83. The van der Waals surface area contributed by atoms with Crippen LogP contribution in [-0.2, 0) is 5.41 Å². The zero-order chi connectivity index (χ0) is 39.3. The Bertz CT molecular complexity index is 1110. The molecule has 0 radical (unpaired) electrons. The third kappa shape index (κ3) is 29.4. The van der Waals surface area contributed by atoms with Crippen LogP contribution in [0.5, 0.6) is 0 Å². The van der Waals surface area contributed by atoms with Gasteiger partial charge in [-0.3, -0.25) is 0 Å². The molecule has 0 aliphatic carbocycles. The smallest absolute Gasteiger partial charge is 0.0132 e. The minimum atomic E-state index is 0.272. The zero-order valence-corrected chi connectivity index (χ0v) is 37.0. The Kier molecular flexibility index (Phi) is 31.5. The number of benzene rings is 1. The highest BCUT2D eigenvalue weighted by molar-refractivity contribution is 5.29. The summed E-state index contributed by atoms with van der Waals surface area (Å²) in [5.74, 6) is 1.37. The Hall–Kier alpha value is -2.34. The fraction of sp³-hybridized carbons (Fsp3) is 0.640. The van der Waals surface area contributed by atoms with Gasteiger partial charge in [0.2, 0.25) is 0 Å². The summed E-state index contributed by atoms with van der Waals surface area (Å²) in [6, 6.07) is 9.08. The average molecular weight is 689 g/mol. The van der Waals surface area contributed by atoms with Gasteiger partial charge in [0.15, 0.2) is 0 Å². The molecule has 288 valence electrons. The maximum Gasteiger partial charge on any atom is -0.0132 e. The summed E-state index contributed by atoms with van der Waals surface area (Å²) in [5.41, 5.74) is 10.8. The second-order valence-electron chi connectivity index (χ2n) is 16.4. The second kappa shape index (κ2) is 30.3. The Balaban J connectivity index is -0.000000591. The van der Waals surface area contributed by atoms with Gasteiger partial charge in [0.25, 0.3) is 0 Å². The van der Waals surface area contributed by atoms with E-state index in [1.165, 1.54) is 91.2 Å². The highest BCUT2D eigenvalue weighted by atomic mass is 14.2. The second-order valence-corrected chi connectivity index (χ2v) is 16.4. The molecule has 0 saturated carbocycles. The van der Waals surface area contributed by atoms with Crippen LogP contribution < -0.4 is 0 Å². The summed E-state index contributed by atoms with van der Waals surface area (Å²) >= 11 is 0. The van der Waals surface area contributed by atoms with Crippen LogP contribution in [-0.4, -0.2) is 0 Å². The van der Waals surface area contributed by atoms with Gasteiger partial charge in [-0.2, -0.15) is 0 Å². The van der Waals surface area contributed by atoms with Crippen molar-refractivity contribution in [3.8, 4) is 0 Å². The molecule has 0 nitrogen and oxygen atoms in total. The van der Waals surface area contributed by atoms with E-state index in [0.717, 1.165) is 12.8 Å². The molecule has 0 fully saturated rings. The fourth-order valence-corrected chi connectivity index (χ4v) is 5.00. The third-order valence-electron chi connectivity index (χ3n) is 9.82. The standard InChI is InChI=1S/C14H22.3C12H22/c1-6-11(2)12-7-9-13(10-8-12)14(3,4)5;1-6-11(4)12(5)9-7-8-10(2)3;1-6-12(5,7-2)10-8-9-11(3)4;1-5-8-12(6-2)10-7-9-11(3)4/h7-11H,6H2,1-5H3;8,11H,5-7,9H2,1-4H3;6,9H,1,7-8,10H2,2-5H3;8-9H,5-7,10H2,1-4H3/b;;;12-8-. The molecule has 50 heavy (non-hydrogen) atoms. The minimum Gasteiger partial charge on any atom is -0.103 e. The topological polar surface area (TPSA) is 0 Å². The van der Waals surface area contributed by atoms with Gasteiger partial charge in [-0.1, -0.05) is 165 Å². The lowest BCUT2D eigenvalue weighted by Gasteiger charge is -2.22. The van der Waals surface area contributed by atoms with Crippen molar-refractivity contribution in [1.29, 1.82) is 0 Å². The largest absolute Gasteiger partial charge is 0.103 e. The van der Waals surface area contributed by atoms with Crippen molar-refractivity contribution in [3.05, 3.63) is 107 Å². The predicted octanol–water partition coefficient (Wildman–Crippen LogP) is 17.6. The molecule has 0 amide bonds. The van der Waals surface area contributed by atoms with Crippen LogP contribution in [0.15, 0.2) is 95.7 Å². The van der Waals surface area contributed by atoms with Gasteiger partial charge in [0, 0.05) is 0 Å². The van der Waals surface area contributed by atoms with Crippen molar-refractivity contribution in [2.45, 2.75) is 200 Å². The zero-order valence-electron chi connectivity index (χ0n) is 37.0. The van der Waals surface area contributed by atoms with Crippen molar-refractivity contribution in [2.24, 2.45) is 11.3 Å². The molecule has 0 bridgehead atoms. The van der Waals surface area contributed by atoms with Gasteiger partial charge in [-0.05, 0) is 146 Å². The van der Waals surface area contributed by atoms with E-state index in [0.29, 0.717) is 17.3 Å². The van der Waals surface area contributed by atoms with Gasteiger partial charge < -0.3 is 0 Å². The predicted molar refractivity (Wildman–Crippen MR) is 236 cm³/mol. The fourth-order valence-electron chi connectivity index (χ4n) is 5.00. The monoisotopic (exact) mass is 689 g/mol. The Labute approximate surface area is 316 Å². The van der Waals surface area contributed by atoms with Crippen molar-refractivity contribution in [2.75, 3.05) is 0 Å². The first-order valence-electron chi connectivity index (χ1n) is 20.3. The van der Waals surface area contributed by atoms with Crippen molar-refractivity contribution < 1.29 is 0 Å². The Morgan fingerprint density at radius 2 is 1.16 bits per heavy atom. The van der Waals surface area contributed by atoms with Gasteiger partial charge in [0.05, 0.1) is 0 Å². The molecular weight excluding hydrogens is 601 g/mol. The maximum atomic E-state index is 4.09. The van der Waals surface area contributed by atoms with Crippen molar-refractivity contribution in [1.82, 2.24) is 0 Å². The molecule has 0 aliphatic rings. The van der Waals surface area contributed by atoms with Crippen LogP contribution in [0.4, 0.5) is 0 Å². The first kappa shape index (κ1) is 52.0. The molecule has 0 saturated heterocycles. The molecule has 0 spiro atoms. The van der Waals surface area contributed by atoms with Crippen LogP contribution in [0.1, 0.15) is 205 Å². The van der Waals surface area contributed by atoms with Gasteiger partial charge in [0.1, 0.15) is 0 Å². The summed E-state index contributed by atoms with van der Waals surface area (Å²) in [7, 11) is 0. The molecule has 3 atom stereocenters. The van der Waals surface area contributed by atoms with E-state index in [9.17, 15) is 0 Å². The van der Waals surface area contributed by atoms with Crippen LogP contribution in [0.25, 0.3) is 0 Å². The third-order valence-corrected chi connectivity index (χ3v) is 9.82. The number of rotatable bonds is 17. The van der Waals surface area contributed by atoms with E-state index in [4.69, 9.17) is 0 Å². The quantitative estimate of drug-likeness (QED) is 0.143. The van der Waals surface area contributed by atoms with Gasteiger partial charge in [-0.15, -0.1) is 6.58 Å². The summed E-state index contributed by atoms with van der Waals surface area (Å²) in [4.78, 5) is 0. The van der Waals surface area contributed by atoms with E-state index in [2.05, 4.69) is 186 Å². The van der Waals surface area contributed by atoms with Crippen LogP contribution in [0.2, 0.25) is 0 Å². The normalized spacial score (nSPS) is 13.3. The summed E-state index contributed by atoms with van der Waals surface area (Å²) < 4.78 is 0. The van der Waals surface area contributed by atoms with E-state index in [1.54, 1.807) is 5.57 Å². The van der Waals surface area contributed by atoms with E-state index >= 15 is 0 Å². The average Bonchev–Trinajstić information content (AvgIpc) is 3.07. The number of hydrogen-bond acceptors (Lipinski definition) is 0. The molecule has 3 unspecified atom stereocenters. The highest BCUT2D eigenvalue weighted by Gasteiger charge is 2.16. The molecule has 1 aromatic carbocycles. The lowest BCUT2D eigenvalue weighted by Crippen LogP contribution is -2.10. The Morgan fingerprint density at radius 3 is 1.52 bits per heavy atom. The lowest BCUT2D eigenvalue weighted by molar-refractivity contribution is 0.381. The molecule has 1 aromatic rings. The number of allylic oxidation sites excluding steroid dienone is 10. The van der Waals surface area contributed by atoms with Crippen LogP contribution >= 0.6 is 0 Å². The summed E-state index contributed by atoms with van der Waals surface area (Å²) in [6.07, 6.45) is 24.5. The van der Waals surface area contributed by atoms with Gasteiger partial charge >= 0.3 is 0 Å². The summed E-state index contributed by atoms with van der Waals surface area (Å²) in [5, 5.41) is 0. The van der Waals surface area contributed by atoms with Crippen molar-refractivity contribution >= 4 is 0 Å². The molecule has 0 N–H and O–H groups in total. The maximum absolute atomic E-state index is 4.09. The van der Waals surface area contributed by atoms with Gasteiger partial charge in [-0.25, -0.2) is 0 Å². The number of hydrogen-bond donors (Lipinski definition) is 0.